The van der Waals surface area contributed by atoms with E-state index in [0.717, 1.165) is 37.4 Å². The number of hydrogen-bond donors (Lipinski definition) is 6. The lowest BCUT2D eigenvalue weighted by molar-refractivity contribution is -0.114. The molecule has 7 N–H and O–H groups in total. The minimum Gasteiger partial charge on any atom is -0.364 e. The molecule has 1 aromatic rings. The molecule has 0 saturated heterocycles. The normalized spacial score (nSPS) is 15.6. The summed E-state index contributed by atoms with van der Waals surface area (Å²) in [6, 6.07) is 9.25. The molecule has 0 aliphatic heterocycles. The molecule has 0 radical (unpaired) electrons. The minimum atomic E-state index is -0.596. The van der Waals surface area contributed by atoms with Crippen LogP contribution in [0.3, 0.4) is 0 Å². The molecule has 0 unspecified atom stereocenters. The fourth-order valence-corrected chi connectivity index (χ4v) is 4.38. The number of rotatable bonds is 19. The molecule has 1 saturated carbocycles. The van der Waals surface area contributed by atoms with Gasteiger partial charge in [0.25, 0.3) is 5.91 Å². The molecule has 234 valence electrons. The van der Waals surface area contributed by atoms with Crippen LogP contribution in [-0.4, -0.2) is 42.5 Å². The number of urea groups is 1. The Bertz CT molecular complexity index is 1220. The van der Waals surface area contributed by atoms with Gasteiger partial charge in [-0.25, -0.2) is 9.79 Å². The minimum absolute atomic E-state index is 0.0191. The number of allylic oxidation sites excluding steroid dienone is 6. The van der Waals surface area contributed by atoms with E-state index in [4.69, 9.17) is 5.73 Å². The van der Waals surface area contributed by atoms with E-state index in [1.54, 1.807) is 26.0 Å². The maximum Gasteiger partial charge on any atom is 0.320 e. The third-order valence-corrected chi connectivity index (χ3v) is 7.15. The second-order valence-corrected chi connectivity index (χ2v) is 10.8. The number of primary amides is 1. The van der Waals surface area contributed by atoms with Crippen LogP contribution in [0.5, 0.6) is 0 Å². The van der Waals surface area contributed by atoms with Crippen molar-refractivity contribution >= 4 is 29.0 Å². The first kappa shape index (κ1) is 35.2. The Kier molecular flexibility index (Phi) is 15.8. The topological polar surface area (TPSA) is 144 Å². The highest BCUT2D eigenvalue weighted by atomic mass is 16.2. The molecule has 9 heteroatoms. The van der Waals surface area contributed by atoms with E-state index in [9.17, 15) is 15.0 Å². The fourth-order valence-electron chi connectivity index (χ4n) is 4.38. The van der Waals surface area contributed by atoms with E-state index in [2.05, 4.69) is 40.1 Å². The fraction of sp³-hybridized carbons (Fsp3) is 0.471. The number of unbranched alkanes of at least 4 members (excludes halogenated alkanes) is 1. The van der Waals surface area contributed by atoms with Gasteiger partial charge in [0.1, 0.15) is 11.5 Å². The van der Waals surface area contributed by atoms with Gasteiger partial charge in [-0.15, -0.1) is 0 Å². The summed E-state index contributed by atoms with van der Waals surface area (Å²) in [7, 11) is 0. The molecule has 43 heavy (non-hydrogen) atoms. The lowest BCUT2D eigenvalue weighted by atomic mass is 9.98. The number of anilines is 1. The van der Waals surface area contributed by atoms with Crippen molar-refractivity contribution in [2.24, 2.45) is 16.6 Å². The maximum atomic E-state index is 13.3. The summed E-state index contributed by atoms with van der Waals surface area (Å²) in [6.45, 7) is 11.3. The summed E-state index contributed by atoms with van der Waals surface area (Å²) in [5, 5.41) is 22.2. The van der Waals surface area contributed by atoms with Crippen molar-refractivity contribution in [2.45, 2.75) is 85.6 Å². The third-order valence-electron chi connectivity index (χ3n) is 7.15. The molecular formula is C34H51N7O2. The van der Waals surface area contributed by atoms with Crippen LogP contribution in [0.15, 0.2) is 82.3 Å². The highest BCUT2D eigenvalue weighted by Crippen LogP contribution is 2.31. The lowest BCUT2D eigenvalue weighted by Crippen LogP contribution is -2.47. The van der Waals surface area contributed by atoms with E-state index < -0.39 is 5.91 Å². The SMILES string of the molecule is C\C=C(/N=C(C)/C=C\C(=C/CCC)C(=N)/C(CC)=C(/NC(=O)N[C@@H](CC)CNCCC1CC1)Nc1ccccc1)C(N)=O. The summed E-state index contributed by atoms with van der Waals surface area (Å²) < 4.78 is 0. The van der Waals surface area contributed by atoms with Crippen LogP contribution in [0.25, 0.3) is 0 Å². The van der Waals surface area contributed by atoms with Crippen LogP contribution in [0, 0.1) is 11.3 Å². The highest BCUT2D eigenvalue weighted by molar-refractivity contribution is 6.13. The van der Waals surface area contributed by atoms with Crippen molar-refractivity contribution < 1.29 is 9.59 Å². The summed E-state index contributed by atoms with van der Waals surface area (Å²) in [5.41, 5.74) is 8.59. The molecule has 9 nitrogen and oxygen atoms in total. The Morgan fingerprint density at radius 2 is 1.86 bits per heavy atom. The molecule has 1 aliphatic carbocycles. The van der Waals surface area contributed by atoms with E-state index >= 15 is 0 Å². The average Bonchev–Trinajstić information content (AvgIpc) is 3.82. The lowest BCUT2D eigenvalue weighted by Gasteiger charge is -2.22. The number of para-hydroxylation sites is 1. The van der Waals surface area contributed by atoms with Gasteiger partial charge in [-0.05, 0) is 75.8 Å². The summed E-state index contributed by atoms with van der Waals surface area (Å²) in [4.78, 5) is 29.2. The predicted molar refractivity (Wildman–Crippen MR) is 179 cm³/mol. The number of carbonyl (C=O) groups is 2. The van der Waals surface area contributed by atoms with Gasteiger partial charge in [-0.1, -0.05) is 76.5 Å². The molecular weight excluding hydrogens is 538 g/mol. The van der Waals surface area contributed by atoms with E-state index in [1.165, 1.54) is 19.3 Å². The van der Waals surface area contributed by atoms with Gasteiger partial charge in [0.05, 0.1) is 5.71 Å². The largest absolute Gasteiger partial charge is 0.364 e. The first-order valence-electron chi connectivity index (χ1n) is 15.5. The van der Waals surface area contributed by atoms with Crippen LogP contribution in [0.4, 0.5) is 10.5 Å². The van der Waals surface area contributed by atoms with Crippen LogP contribution >= 0.6 is 0 Å². The number of amides is 3. The van der Waals surface area contributed by atoms with Gasteiger partial charge >= 0.3 is 6.03 Å². The zero-order valence-electron chi connectivity index (χ0n) is 26.6. The molecule has 0 bridgehead atoms. The zero-order chi connectivity index (χ0) is 31.6. The summed E-state index contributed by atoms with van der Waals surface area (Å²) in [5.74, 6) is 0.728. The number of nitrogens with two attached hydrogens (primary N) is 1. The first-order chi connectivity index (χ1) is 20.7. The van der Waals surface area contributed by atoms with Gasteiger partial charge in [0.2, 0.25) is 0 Å². The molecule has 1 aliphatic rings. The van der Waals surface area contributed by atoms with Gasteiger partial charge in [-0.3, -0.25) is 15.5 Å². The molecule has 0 spiro atoms. The summed E-state index contributed by atoms with van der Waals surface area (Å²) >= 11 is 0. The first-order valence-corrected chi connectivity index (χ1v) is 15.5. The van der Waals surface area contributed by atoms with E-state index in [0.29, 0.717) is 35.6 Å². The van der Waals surface area contributed by atoms with E-state index in [-0.39, 0.29) is 23.5 Å². The highest BCUT2D eigenvalue weighted by Gasteiger charge is 2.21. The van der Waals surface area contributed by atoms with Crippen molar-refractivity contribution in [2.75, 3.05) is 18.4 Å². The molecule has 1 fully saturated rings. The van der Waals surface area contributed by atoms with Gasteiger partial charge in [0.15, 0.2) is 0 Å². The molecule has 1 aromatic carbocycles. The number of aliphatic imine (C=N–C) groups is 1. The number of nitrogens with one attached hydrogen (secondary N) is 5. The second-order valence-electron chi connectivity index (χ2n) is 10.8. The number of nitrogens with zero attached hydrogens (tertiary/aromatic N) is 1. The maximum absolute atomic E-state index is 13.3. The quantitative estimate of drug-likeness (QED) is 0.0484. The van der Waals surface area contributed by atoms with Gasteiger partial charge in [0, 0.05) is 29.6 Å². The monoisotopic (exact) mass is 589 g/mol. The summed E-state index contributed by atoms with van der Waals surface area (Å²) in [6.07, 6.45) is 14.0. The van der Waals surface area contributed by atoms with Crippen LogP contribution in [-0.2, 0) is 4.79 Å². The van der Waals surface area contributed by atoms with Gasteiger partial charge < -0.3 is 21.7 Å². The Balaban J connectivity index is 2.33. The molecule has 2 rings (SSSR count). The van der Waals surface area contributed by atoms with Gasteiger partial charge in [-0.2, -0.15) is 0 Å². The number of carbonyl (C=O) groups excluding carboxylic acids is 2. The Labute approximate surface area is 257 Å². The second kappa shape index (κ2) is 19.3. The van der Waals surface area contributed by atoms with Crippen LogP contribution in [0.1, 0.15) is 79.6 Å². The van der Waals surface area contributed by atoms with Crippen LogP contribution < -0.4 is 27.0 Å². The Hall–Kier alpha value is -3.98. The standard InChI is InChI=1S/C34H51N7O2/c1-6-10-14-26(20-17-24(5)38-30(9-4)32(36)42)31(35)29(8-3)33(39-28-15-12-11-13-16-28)41-34(43)40-27(7-2)23-37-22-21-25-18-19-25/h9,11-17,20,25,27,35,37,39H,6-8,10,18-19,21-23H2,1-5H3,(H2,36,42)(H2,40,41,43)/b20-17-,26-14+,30-9-,33-29+,35-31?,38-24+/t27-/m0/s1. The smallest absolute Gasteiger partial charge is 0.320 e. The van der Waals surface area contributed by atoms with E-state index in [1.807, 2.05) is 49.4 Å². The van der Waals surface area contributed by atoms with Crippen molar-refractivity contribution in [3.63, 3.8) is 0 Å². The molecule has 1 atom stereocenters. The molecule has 0 heterocycles. The third kappa shape index (κ3) is 13.2. The number of hydrogen-bond acceptors (Lipinski definition) is 6. The molecule has 0 aromatic heterocycles. The van der Waals surface area contributed by atoms with Crippen molar-refractivity contribution in [3.8, 4) is 0 Å². The Morgan fingerprint density at radius 3 is 2.44 bits per heavy atom. The number of benzene rings is 1. The van der Waals surface area contributed by atoms with Crippen molar-refractivity contribution in [3.05, 3.63) is 77.3 Å². The van der Waals surface area contributed by atoms with Crippen LogP contribution in [0.2, 0.25) is 0 Å². The predicted octanol–water partition coefficient (Wildman–Crippen LogP) is 6.34. The Morgan fingerprint density at radius 1 is 1.14 bits per heavy atom. The zero-order valence-corrected chi connectivity index (χ0v) is 26.6. The molecule has 3 amide bonds. The van der Waals surface area contributed by atoms with Crippen molar-refractivity contribution in [1.29, 1.82) is 5.41 Å². The average molecular weight is 590 g/mol. The van der Waals surface area contributed by atoms with Crippen molar-refractivity contribution in [1.82, 2.24) is 16.0 Å².